The van der Waals surface area contributed by atoms with Crippen LogP contribution in [0, 0.1) is 0 Å². The molecule has 0 aliphatic rings. The van der Waals surface area contributed by atoms with Gasteiger partial charge in [-0.25, -0.2) is 5.84 Å². The number of carbonyl (C=O) groups excluding carboxylic acids is 2. The van der Waals surface area contributed by atoms with Gasteiger partial charge in [-0.1, -0.05) is 56.3 Å². The molecule has 2 amide bonds. The Kier molecular flexibility index (Phi) is 5.87. The fourth-order valence-corrected chi connectivity index (χ4v) is 2.16. The highest BCUT2D eigenvalue weighted by Crippen LogP contribution is 2.16. The third-order valence-corrected chi connectivity index (χ3v) is 3.57. The molecule has 0 fully saturated rings. The van der Waals surface area contributed by atoms with E-state index < -0.39 is 5.91 Å². The van der Waals surface area contributed by atoms with E-state index in [2.05, 4.69) is 19.2 Å². The maximum Gasteiger partial charge on any atom is 0.281 e. The molecule has 124 valence electrons. The summed E-state index contributed by atoms with van der Waals surface area (Å²) in [7, 11) is 0. The van der Waals surface area contributed by atoms with Gasteiger partial charge in [0.05, 0.1) is 0 Å². The van der Waals surface area contributed by atoms with Crippen LogP contribution in [0.25, 0.3) is 6.08 Å². The van der Waals surface area contributed by atoms with E-state index in [4.69, 9.17) is 5.84 Å². The lowest BCUT2D eigenvalue weighted by molar-refractivity contribution is -0.117. The van der Waals surface area contributed by atoms with Crippen LogP contribution in [0.15, 0.2) is 60.3 Å². The van der Waals surface area contributed by atoms with Crippen molar-refractivity contribution in [2.45, 2.75) is 19.8 Å². The van der Waals surface area contributed by atoms with E-state index in [9.17, 15) is 9.59 Å². The van der Waals surface area contributed by atoms with E-state index in [1.807, 2.05) is 35.8 Å². The number of nitrogens with one attached hydrogen (secondary N) is 2. The van der Waals surface area contributed by atoms with Crippen molar-refractivity contribution in [3.63, 3.8) is 0 Å². The highest BCUT2D eigenvalue weighted by molar-refractivity contribution is 6.05. The van der Waals surface area contributed by atoms with Gasteiger partial charge in [0.15, 0.2) is 0 Å². The van der Waals surface area contributed by atoms with Crippen molar-refractivity contribution in [3.8, 4) is 0 Å². The van der Waals surface area contributed by atoms with Crippen molar-refractivity contribution in [3.05, 3.63) is 77.0 Å². The molecule has 0 atom stereocenters. The maximum absolute atomic E-state index is 12.2. The fraction of sp³-hybridized carbons (Fsp3) is 0.158. The molecule has 0 spiro atoms. The lowest BCUT2D eigenvalue weighted by Gasteiger charge is -2.10. The van der Waals surface area contributed by atoms with Gasteiger partial charge in [0, 0.05) is 5.56 Å². The monoisotopic (exact) mass is 323 g/mol. The minimum atomic E-state index is -0.563. The van der Waals surface area contributed by atoms with Crippen LogP contribution in [0.4, 0.5) is 0 Å². The normalized spacial score (nSPS) is 11.2. The van der Waals surface area contributed by atoms with Gasteiger partial charge >= 0.3 is 0 Å². The Morgan fingerprint density at radius 2 is 1.62 bits per heavy atom. The number of nitrogens with two attached hydrogens (primary N) is 1. The Hall–Kier alpha value is -2.92. The fourth-order valence-electron chi connectivity index (χ4n) is 2.16. The quantitative estimate of drug-likeness (QED) is 0.342. The van der Waals surface area contributed by atoms with Crippen molar-refractivity contribution in [1.82, 2.24) is 10.7 Å². The maximum atomic E-state index is 12.2. The largest absolute Gasteiger partial charge is 0.317 e. The Balaban J connectivity index is 2.24. The van der Waals surface area contributed by atoms with E-state index in [0.717, 1.165) is 5.56 Å². The molecule has 0 aliphatic heterocycles. The predicted octanol–water partition coefficient (Wildman–Crippen LogP) is 2.57. The molecule has 2 aromatic carbocycles. The van der Waals surface area contributed by atoms with Crippen LogP contribution in [-0.2, 0) is 4.79 Å². The molecule has 24 heavy (non-hydrogen) atoms. The topological polar surface area (TPSA) is 84.2 Å². The summed E-state index contributed by atoms with van der Waals surface area (Å²) in [6.07, 6.45) is 1.59. The molecular formula is C19H21N3O2. The molecule has 0 radical (unpaired) electrons. The first-order valence-corrected chi connectivity index (χ1v) is 7.70. The number of amides is 2. The molecule has 0 aromatic heterocycles. The van der Waals surface area contributed by atoms with E-state index >= 15 is 0 Å². The Morgan fingerprint density at radius 3 is 2.17 bits per heavy atom. The molecule has 5 nitrogen and oxygen atoms in total. The van der Waals surface area contributed by atoms with Gasteiger partial charge in [-0.3, -0.25) is 15.0 Å². The smallest absolute Gasteiger partial charge is 0.281 e. The van der Waals surface area contributed by atoms with Crippen molar-refractivity contribution in [1.29, 1.82) is 0 Å². The standard InChI is InChI=1S/C19H21N3O2/c1-13(2)15-10-8-14(9-11-15)12-17(19(24)22-20)21-18(23)16-6-4-3-5-7-16/h3-13H,20H2,1-2H3,(H,21,23)(H,22,24). The van der Waals surface area contributed by atoms with Crippen LogP contribution in [0.2, 0.25) is 0 Å². The van der Waals surface area contributed by atoms with Crippen molar-refractivity contribution in [2.24, 2.45) is 5.84 Å². The summed E-state index contributed by atoms with van der Waals surface area (Å²) in [6, 6.07) is 16.5. The summed E-state index contributed by atoms with van der Waals surface area (Å²) in [5.74, 6) is 4.70. The van der Waals surface area contributed by atoms with Gasteiger partial charge in [-0.15, -0.1) is 0 Å². The number of rotatable bonds is 5. The summed E-state index contributed by atoms with van der Waals surface area (Å²) in [6.45, 7) is 4.22. The van der Waals surface area contributed by atoms with Crippen LogP contribution in [-0.4, -0.2) is 11.8 Å². The molecule has 0 saturated carbocycles. The first kappa shape index (κ1) is 17.4. The van der Waals surface area contributed by atoms with Crippen molar-refractivity contribution >= 4 is 17.9 Å². The van der Waals surface area contributed by atoms with Crippen LogP contribution in [0.5, 0.6) is 0 Å². The van der Waals surface area contributed by atoms with Crippen LogP contribution in [0.3, 0.4) is 0 Å². The third kappa shape index (κ3) is 4.54. The van der Waals surface area contributed by atoms with E-state index in [-0.39, 0.29) is 11.6 Å². The van der Waals surface area contributed by atoms with Gasteiger partial charge < -0.3 is 5.32 Å². The predicted molar refractivity (Wildman–Crippen MR) is 94.7 cm³/mol. The zero-order chi connectivity index (χ0) is 17.5. The van der Waals surface area contributed by atoms with Crippen LogP contribution < -0.4 is 16.6 Å². The highest BCUT2D eigenvalue weighted by Gasteiger charge is 2.13. The lowest BCUT2D eigenvalue weighted by Crippen LogP contribution is -2.38. The molecule has 0 unspecified atom stereocenters. The van der Waals surface area contributed by atoms with Crippen molar-refractivity contribution in [2.75, 3.05) is 0 Å². The Morgan fingerprint density at radius 1 is 1.00 bits per heavy atom. The summed E-state index contributed by atoms with van der Waals surface area (Å²) >= 11 is 0. The summed E-state index contributed by atoms with van der Waals surface area (Å²) in [5.41, 5.74) is 4.59. The molecule has 0 aliphatic carbocycles. The molecule has 2 rings (SSSR count). The Bertz CT molecular complexity index is 735. The van der Waals surface area contributed by atoms with Gasteiger partial charge in [-0.05, 0) is 35.3 Å². The number of hydrazine groups is 1. The van der Waals surface area contributed by atoms with Gasteiger partial charge in [0.2, 0.25) is 0 Å². The number of benzene rings is 2. The third-order valence-electron chi connectivity index (χ3n) is 3.57. The molecule has 5 heteroatoms. The lowest BCUT2D eigenvalue weighted by atomic mass is 10.0. The highest BCUT2D eigenvalue weighted by atomic mass is 16.2. The van der Waals surface area contributed by atoms with Gasteiger partial charge in [0.1, 0.15) is 5.70 Å². The van der Waals surface area contributed by atoms with Crippen molar-refractivity contribution < 1.29 is 9.59 Å². The van der Waals surface area contributed by atoms with E-state index in [1.165, 1.54) is 5.56 Å². The second kappa shape index (κ2) is 8.08. The molecule has 2 aromatic rings. The minimum absolute atomic E-state index is 0.0867. The van der Waals surface area contributed by atoms with Crippen LogP contribution >= 0.6 is 0 Å². The molecule has 0 bridgehead atoms. The Labute approximate surface area is 141 Å². The number of carbonyl (C=O) groups is 2. The molecular weight excluding hydrogens is 302 g/mol. The second-order valence-corrected chi connectivity index (χ2v) is 5.67. The van der Waals surface area contributed by atoms with Crippen LogP contribution in [0.1, 0.15) is 41.3 Å². The molecule has 0 saturated heterocycles. The average Bonchev–Trinajstić information content (AvgIpc) is 2.61. The SMILES string of the molecule is CC(C)c1ccc(C=C(NC(=O)c2ccccc2)C(=O)NN)cc1. The van der Waals surface area contributed by atoms with Gasteiger partial charge in [0.25, 0.3) is 11.8 Å². The first-order valence-electron chi connectivity index (χ1n) is 7.70. The summed E-state index contributed by atoms with van der Waals surface area (Å²) in [5, 5.41) is 2.60. The minimum Gasteiger partial charge on any atom is -0.317 e. The number of hydrogen-bond acceptors (Lipinski definition) is 3. The zero-order valence-electron chi connectivity index (χ0n) is 13.7. The summed E-state index contributed by atoms with van der Waals surface area (Å²) in [4.78, 5) is 24.2. The van der Waals surface area contributed by atoms with E-state index in [1.54, 1.807) is 30.3 Å². The molecule has 4 N–H and O–H groups in total. The van der Waals surface area contributed by atoms with E-state index in [0.29, 0.717) is 11.5 Å². The number of hydrogen-bond donors (Lipinski definition) is 3. The zero-order valence-corrected chi connectivity index (χ0v) is 13.7. The van der Waals surface area contributed by atoms with Gasteiger partial charge in [-0.2, -0.15) is 0 Å². The average molecular weight is 323 g/mol. The second-order valence-electron chi connectivity index (χ2n) is 5.67. The molecule has 0 heterocycles. The summed E-state index contributed by atoms with van der Waals surface area (Å²) < 4.78 is 0. The first-order chi connectivity index (χ1) is 11.5.